The molecule has 0 aliphatic heterocycles. The van der Waals surface area contributed by atoms with E-state index in [1.807, 2.05) is 66.7 Å². The van der Waals surface area contributed by atoms with E-state index in [9.17, 15) is 0 Å². The third-order valence-corrected chi connectivity index (χ3v) is 8.74. The van der Waals surface area contributed by atoms with Crippen LogP contribution in [0.3, 0.4) is 0 Å². The van der Waals surface area contributed by atoms with Crippen molar-refractivity contribution in [3.05, 3.63) is 176 Å². The van der Waals surface area contributed by atoms with Crippen molar-refractivity contribution >= 4 is 32.3 Å². The molecule has 0 aliphatic rings. The molecule has 8 aromatic carbocycles. The second kappa shape index (κ2) is 11.7. The van der Waals surface area contributed by atoms with Crippen molar-refractivity contribution < 1.29 is 6.85 Å². The Hall–Kier alpha value is -6.45. The van der Waals surface area contributed by atoms with Gasteiger partial charge in [-0.15, -0.1) is 0 Å². The number of hydrogen-bond donors (Lipinski definition) is 0. The highest BCUT2D eigenvalue weighted by Gasteiger charge is 2.14. The Morgan fingerprint density at radius 3 is 1.23 bits per heavy atom. The van der Waals surface area contributed by atoms with Crippen LogP contribution >= 0.6 is 0 Å². The number of nitrogens with zero attached hydrogens (tertiary/aromatic N) is 3. The van der Waals surface area contributed by atoms with Gasteiger partial charge >= 0.3 is 0 Å². The Kier molecular flexibility index (Phi) is 5.61. The average Bonchev–Trinajstić information content (AvgIpc) is 3.21. The molecule has 1 heterocycles. The maximum absolute atomic E-state index is 8.66. The normalized spacial score (nSPS) is 12.8. The summed E-state index contributed by atoms with van der Waals surface area (Å²) in [5.41, 5.74) is 5.65. The number of fused-ring (bicyclic) bond motifs is 3. The summed E-state index contributed by atoms with van der Waals surface area (Å²) in [6.07, 6.45) is 0. The molecule has 9 rings (SSSR count). The first-order valence-corrected chi connectivity index (χ1v) is 15.8. The van der Waals surface area contributed by atoms with Crippen molar-refractivity contribution in [2.45, 2.75) is 0 Å². The van der Waals surface area contributed by atoms with Gasteiger partial charge in [-0.25, -0.2) is 15.0 Å². The molecule has 0 unspecified atom stereocenters. The molecule has 224 valence electrons. The van der Waals surface area contributed by atoms with Gasteiger partial charge < -0.3 is 0 Å². The van der Waals surface area contributed by atoms with E-state index in [-0.39, 0.29) is 23.5 Å². The monoisotopic (exact) mass is 616 g/mol. The van der Waals surface area contributed by atoms with Crippen molar-refractivity contribution in [2.24, 2.45) is 0 Å². The lowest BCUT2D eigenvalue weighted by atomic mass is 9.96. The Labute approximate surface area is 285 Å². The van der Waals surface area contributed by atoms with E-state index in [2.05, 4.69) is 78.9 Å². The molecule has 0 amide bonds. The third kappa shape index (κ3) is 5.28. The summed E-state index contributed by atoms with van der Waals surface area (Å²) in [7, 11) is 0. The summed E-state index contributed by atoms with van der Waals surface area (Å²) in [6, 6.07) is 47.6. The lowest BCUT2D eigenvalue weighted by Gasteiger charge is -2.11. The van der Waals surface area contributed by atoms with Gasteiger partial charge in [0.1, 0.15) is 0 Å². The molecule has 48 heavy (non-hydrogen) atoms. The minimum Gasteiger partial charge on any atom is -0.208 e. The minimum atomic E-state index is -0.472. The zero-order valence-electron chi connectivity index (χ0n) is 30.7. The van der Waals surface area contributed by atoms with Crippen LogP contribution in [0.25, 0.3) is 88.7 Å². The third-order valence-electron chi connectivity index (χ3n) is 8.74. The standard InChI is InChI=1S/C45H29N3/c1-2-11-32(12-3-1)43-46-44(48-45(47-43)42-24-18-31-10-5-7-14-34(31)28-42)41-16-8-15-35(29-41)36-20-21-40-27-39(23-22-38(40)26-36)37-19-17-30-9-4-6-13-33(30)25-37/h1-29H/i1D,2D,3D,11D,12D. The average molecular weight is 617 g/mol. The van der Waals surface area contributed by atoms with Crippen LogP contribution in [0.5, 0.6) is 0 Å². The van der Waals surface area contributed by atoms with Crippen LogP contribution in [0.2, 0.25) is 0 Å². The summed E-state index contributed by atoms with van der Waals surface area (Å²) in [5.74, 6) is 0.669. The number of aromatic nitrogens is 3. The maximum atomic E-state index is 8.66. The van der Waals surface area contributed by atoms with Gasteiger partial charge in [0.15, 0.2) is 17.5 Å². The first-order valence-electron chi connectivity index (χ1n) is 18.3. The van der Waals surface area contributed by atoms with Crippen LogP contribution in [0.1, 0.15) is 6.85 Å². The lowest BCUT2D eigenvalue weighted by Crippen LogP contribution is -2.00. The van der Waals surface area contributed by atoms with E-state index in [4.69, 9.17) is 21.8 Å². The SMILES string of the molecule is [2H]c1c([2H])c([2H])c(-c2nc(-c3cccc(-c4ccc5cc(-c6ccc7ccccc7c6)ccc5c4)c3)nc(-c3ccc4ccccc4c3)n2)c([2H])c1[2H]. The van der Waals surface area contributed by atoms with Crippen molar-refractivity contribution in [3.8, 4) is 56.4 Å². The number of benzene rings is 8. The number of rotatable bonds is 5. The molecular formula is C45H29N3. The van der Waals surface area contributed by atoms with Gasteiger partial charge in [-0.05, 0) is 84.9 Å². The second-order valence-corrected chi connectivity index (χ2v) is 11.8. The zero-order valence-corrected chi connectivity index (χ0v) is 25.7. The lowest BCUT2D eigenvalue weighted by molar-refractivity contribution is 1.07. The molecule has 0 N–H and O–H groups in total. The summed E-state index contributed by atoms with van der Waals surface area (Å²) in [5, 5.41) is 6.74. The van der Waals surface area contributed by atoms with E-state index in [1.54, 1.807) is 0 Å². The van der Waals surface area contributed by atoms with E-state index >= 15 is 0 Å². The highest BCUT2D eigenvalue weighted by Crippen LogP contribution is 2.33. The van der Waals surface area contributed by atoms with Gasteiger partial charge in [0.2, 0.25) is 0 Å². The fourth-order valence-electron chi connectivity index (χ4n) is 6.25. The van der Waals surface area contributed by atoms with Crippen LogP contribution in [-0.4, -0.2) is 15.0 Å². The van der Waals surface area contributed by atoms with Crippen LogP contribution in [-0.2, 0) is 0 Å². The number of hydrogen-bond acceptors (Lipinski definition) is 3. The smallest absolute Gasteiger partial charge is 0.164 e. The van der Waals surface area contributed by atoms with Crippen molar-refractivity contribution in [1.82, 2.24) is 15.0 Å². The molecular weight excluding hydrogens is 583 g/mol. The molecule has 3 heteroatoms. The molecule has 1 aromatic heterocycles. The van der Waals surface area contributed by atoms with Gasteiger partial charge in [-0.3, -0.25) is 0 Å². The summed E-state index contributed by atoms with van der Waals surface area (Å²) in [6.45, 7) is 0. The van der Waals surface area contributed by atoms with E-state index in [0.717, 1.165) is 43.8 Å². The van der Waals surface area contributed by atoms with Gasteiger partial charge in [0, 0.05) is 16.7 Å². The molecule has 3 nitrogen and oxygen atoms in total. The van der Waals surface area contributed by atoms with Gasteiger partial charge in [-0.2, -0.15) is 0 Å². The first-order chi connectivity index (χ1) is 25.8. The molecule has 0 fully saturated rings. The molecule has 0 spiro atoms. The highest BCUT2D eigenvalue weighted by atomic mass is 15.0. The summed E-state index contributed by atoms with van der Waals surface area (Å²) >= 11 is 0. The zero-order chi connectivity index (χ0) is 36.2. The second-order valence-electron chi connectivity index (χ2n) is 11.8. The first kappa shape index (κ1) is 23.0. The van der Waals surface area contributed by atoms with Crippen molar-refractivity contribution in [2.75, 3.05) is 0 Å². The molecule has 0 atom stereocenters. The fourth-order valence-corrected chi connectivity index (χ4v) is 6.25. The maximum Gasteiger partial charge on any atom is 0.164 e. The van der Waals surface area contributed by atoms with Crippen LogP contribution in [0, 0.1) is 0 Å². The molecule has 0 bridgehead atoms. The predicted octanol–water partition coefficient (Wildman–Crippen LogP) is 11.7. The fraction of sp³-hybridized carbons (Fsp3) is 0. The molecule has 0 radical (unpaired) electrons. The van der Waals surface area contributed by atoms with Crippen molar-refractivity contribution in [3.63, 3.8) is 0 Å². The molecule has 0 saturated heterocycles. The van der Waals surface area contributed by atoms with Crippen molar-refractivity contribution in [1.29, 1.82) is 0 Å². The molecule has 0 aliphatic carbocycles. The minimum absolute atomic E-state index is 0.00786. The topological polar surface area (TPSA) is 38.7 Å². The molecule has 9 aromatic rings. The largest absolute Gasteiger partial charge is 0.208 e. The van der Waals surface area contributed by atoms with Gasteiger partial charge in [0.25, 0.3) is 0 Å². The quantitative estimate of drug-likeness (QED) is 0.193. The van der Waals surface area contributed by atoms with E-state index < -0.39 is 18.1 Å². The predicted molar refractivity (Wildman–Crippen MR) is 200 cm³/mol. The highest BCUT2D eigenvalue weighted by molar-refractivity contribution is 5.93. The van der Waals surface area contributed by atoms with Crippen LogP contribution in [0.15, 0.2) is 176 Å². The Morgan fingerprint density at radius 2 is 0.667 bits per heavy atom. The van der Waals surface area contributed by atoms with Crippen LogP contribution in [0.4, 0.5) is 0 Å². The Morgan fingerprint density at radius 1 is 0.292 bits per heavy atom. The van der Waals surface area contributed by atoms with Gasteiger partial charge in [-0.1, -0.05) is 145 Å². The summed E-state index contributed by atoms with van der Waals surface area (Å²) < 4.78 is 42.0. The van der Waals surface area contributed by atoms with E-state index in [0.29, 0.717) is 17.2 Å². The molecule has 0 saturated carbocycles. The Balaban J connectivity index is 1.14. The van der Waals surface area contributed by atoms with E-state index in [1.165, 1.54) is 16.3 Å². The summed E-state index contributed by atoms with van der Waals surface area (Å²) in [4.78, 5) is 14.4. The van der Waals surface area contributed by atoms with Crippen LogP contribution < -0.4 is 0 Å². The van der Waals surface area contributed by atoms with Gasteiger partial charge in [0.05, 0.1) is 6.85 Å². The Bertz CT molecular complexity index is 2900.